The molecule has 0 amide bonds. The highest BCUT2D eigenvalue weighted by Crippen LogP contribution is 2.88. The van der Waals surface area contributed by atoms with Gasteiger partial charge >= 0.3 is 0 Å². The standard InChI is InChI=1S/C33H26S2/c1-6-16-26(17-7-1)31-32(27-18-8-2-9-19-27)34-35(29-22-12-4-13-23-29,30-24-14-5-15-25-30)33(31)28-20-10-3-11-21-28/h1-25,32H. The third kappa shape index (κ3) is 3.93. The summed E-state index contributed by atoms with van der Waals surface area (Å²) in [6.45, 7) is 0. The summed E-state index contributed by atoms with van der Waals surface area (Å²) in [5.74, 6) is 0. The highest BCUT2D eigenvalue weighted by atomic mass is 33.2. The largest absolute Gasteiger partial charge is 0.109 e. The van der Waals surface area contributed by atoms with Crippen LogP contribution in [-0.4, -0.2) is 0 Å². The van der Waals surface area contributed by atoms with Crippen molar-refractivity contribution in [2.24, 2.45) is 0 Å². The molecule has 0 aliphatic carbocycles. The molecule has 1 aliphatic heterocycles. The van der Waals surface area contributed by atoms with E-state index in [2.05, 4.69) is 162 Å². The van der Waals surface area contributed by atoms with Gasteiger partial charge in [-0.25, -0.2) is 0 Å². The van der Waals surface area contributed by atoms with Gasteiger partial charge in [-0.15, -0.1) is 9.06 Å². The van der Waals surface area contributed by atoms with Crippen molar-refractivity contribution in [2.45, 2.75) is 15.0 Å². The quantitative estimate of drug-likeness (QED) is 0.223. The van der Waals surface area contributed by atoms with Crippen molar-refractivity contribution in [3.8, 4) is 0 Å². The number of hydrogen-bond donors (Lipinski definition) is 0. The van der Waals surface area contributed by atoms with Crippen LogP contribution in [0.15, 0.2) is 161 Å². The molecule has 6 rings (SSSR count). The van der Waals surface area contributed by atoms with Gasteiger partial charge in [0.15, 0.2) is 0 Å². The van der Waals surface area contributed by atoms with Gasteiger partial charge in [-0.05, 0) is 46.5 Å². The summed E-state index contributed by atoms with van der Waals surface area (Å²) in [6, 6.07) is 55.4. The molecule has 0 saturated heterocycles. The van der Waals surface area contributed by atoms with Crippen molar-refractivity contribution in [3.63, 3.8) is 0 Å². The molecule has 0 radical (unpaired) electrons. The Labute approximate surface area is 213 Å². The fourth-order valence-electron chi connectivity index (χ4n) is 4.88. The molecule has 0 bridgehead atoms. The van der Waals surface area contributed by atoms with Crippen LogP contribution in [0.4, 0.5) is 0 Å². The molecule has 1 aliphatic rings. The van der Waals surface area contributed by atoms with Gasteiger partial charge in [-0.1, -0.05) is 138 Å². The second-order valence-electron chi connectivity index (χ2n) is 8.54. The number of benzene rings is 5. The average molecular weight is 487 g/mol. The molecule has 5 aromatic carbocycles. The minimum Gasteiger partial charge on any atom is -0.109 e. The van der Waals surface area contributed by atoms with Crippen molar-refractivity contribution in [1.82, 2.24) is 0 Å². The van der Waals surface area contributed by atoms with Crippen LogP contribution >= 0.6 is 19.9 Å². The summed E-state index contributed by atoms with van der Waals surface area (Å²) in [7, 11) is 0.522. The van der Waals surface area contributed by atoms with Crippen LogP contribution in [0, 0.1) is 0 Å². The normalized spacial score (nSPS) is 17.8. The molecule has 1 atom stereocenters. The topological polar surface area (TPSA) is 0 Å². The molecule has 2 heteroatoms. The van der Waals surface area contributed by atoms with Gasteiger partial charge in [0.25, 0.3) is 0 Å². The van der Waals surface area contributed by atoms with E-state index in [4.69, 9.17) is 0 Å². The first kappa shape index (κ1) is 22.0. The lowest BCUT2D eigenvalue weighted by atomic mass is 9.95. The molecular weight excluding hydrogens is 460 g/mol. The second kappa shape index (κ2) is 9.65. The van der Waals surface area contributed by atoms with Gasteiger partial charge in [0.1, 0.15) is 0 Å². The highest BCUT2D eigenvalue weighted by Gasteiger charge is 2.46. The molecule has 0 aromatic heterocycles. The Morgan fingerprint density at radius 2 is 0.829 bits per heavy atom. The van der Waals surface area contributed by atoms with Crippen LogP contribution in [0.2, 0.25) is 0 Å². The Bertz CT molecular complexity index is 1390. The number of rotatable bonds is 5. The van der Waals surface area contributed by atoms with Crippen molar-refractivity contribution in [3.05, 3.63) is 168 Å². The molecule has 0 spiro atoms. The minimum atomic E-state index is -1.61. The van der Waals surface area contributed by atoms with Crippen LogP contribution in [0.25, 0.3) is 10.5 Å². The van der Waals surface area contributed by atoms with Crippen molar-refractivity contribution < 1.29 is 0 Å². The monoisotopic (exact) mass is 486 g/mol. The maximum Gasteiger partial charge on any atom is 0.0662 e. The zero-order chi connectivity index (χ0) is 23.5. The van der Waals surface area contributed by atoms with Gasteiger partial charge in [-0.2, -0.15) is 0 Å². The molecule has 5 aromatic rings. The van der Waals surface area contributed by atoms with E-state index in [0.717, 1.165) is 0 Å². The molecule has 0 fully saturated rings. The van der Waals surface area contributed by atoms with Gasteiger partial charge in [-0.3, -0.25) is 0 Å². The van der Waals surface area contributed by atoms with Crippen molar-refractivity contribution in [2.75, 3.05) is 0 Å². The Kier molecular flexibility index (Phi) is 6.08. The van der Waals surface area contributed by atoms with Crippen LogP contribution in [-0.2, 0) is 0 Å². The molecule has 0 N–H and O–H groups in total. The Balaban J connectivity index is 1.76. The SMILES string of the molecule is c1ccc(C2=C(c3ccccc3)S(c3ccccc3)(c3ccccc3)SC2c2ccccc2)cc1. The highest BCUT2D eigenvalue weighted by molar-refractivity contribution is 8.98. The summed E-state index contributed by atoms with van der Waals surface area (Å²) >= 11 is 0. The van der Waals surface area contributed by atoms with E-state index >= 15 is 0 Å². The van der Waals surface area contributed by atoms with Gasteiger partial charge in [0.2, 0.25) is 0 Å². The van der Waals surface area contributed by atoms with Crippen LogP contribution < -0.4 is 0 Å². The smallest absolute Gasteiger partial charge is 0.0662 e. The first-order valence-corrected chi connectivity index (χ1v) is 14.9. The van der Waals surface area contributed by atoms with E-state index in [9.17, 15) is 0 Å². The zero-order valence-corrected chi connectivity index (χ0v) is 21.0. The minimum absolute atomic E-state index is 0.226. The lowest BCUT2D eigenvalue weighted by Gasteiger charge is -2.39. The van der Waals surface area contributed by atoms with E-state index in [1.165, 1.54) is 37.0 Å². The Hall–Kier alpha value is -3.46. The lowest BCUT2D eigenvalue weighted by molar-refractivity contribution is 1.26. The van der Waals surface area contributed by atoms with E-state index in [1.807, 2.05) is 0 Å². The summed E-state index contributed by atoms with van der Waals surface area (Å²) in [5, 5.41) is 0.226. The Morgan fingerprint density at radius 1 is 0.429 bits per heavy atom. The predicted molar refractivity (Wildman–Crippen MR) is 153 cm³/mol. The second-order valence-corrected chi connectivity index (χ2v) is 13.7. The lowest BCUT2D eigenvalue weighted by Crippen LogP contribution is -1.99. The van der Waals surface area contributed by atoms with Gasteiger partial charge in [0.05, 0.1) is 5.25 Å². The fraction of sp³-hybridized carbons (Fsp3) is 0.0303. The third-order valence-corrected chi connectivity index (χ3v) is 13.4. The van der Waals surface area contributed by atoms with Gasteiger partial charge < -0.3 is 0 Å². The summed E-state index contributed by atoms with van der Waals surface area (Å²) in [5.41, 5.74) is 5.38. The average Bonchev–Trinajstić information content (AvgIpc) is 3.33. The molecule has 1 unspecified atom stereocenters. The maximum absolute atomic E-state index is 2.33. The first-order chi connectivity index (χ1) is 17.4. The molecule has 0 nitrogen and oxygen atoms in total. The van der Waals surface area contributed by atoms with Gasteiger partial charge in [0, 0.05) is 14.7 Å². The summed E-state index contributed by atoms with van der Waals surface area (Å²) in [4.78, 5) is 4.24. The van der Waals surface area contributed by atoms with E-state index in [-0.39, 0.29) is 5.25 Å². The van der Waals surface area contributed by atoms with Crippen LogP contribution in [0.5, 0.6) is 0 Å². The fourth-order valence-corrected chi connectivity index (χ4v) is 12.7. The predicted octanol–water partition coefficient (Wildman–Crippen LogP) is 9.88. The molecule has 0 saturated carbocycles. The molecule has 35 heavy (non-hydrogen) atoms. The van der Waals surface area contributed by atoms with E-state index < -0.39 is 9.06 Å². The van der Waals surface area contributed by atoms with E-state index in [0.29, 0.717) is 0 Å². The molecular formula is C33H26S2. The van der Waals surface area contributed by atoms with E-state index in [1.54, 1.807) is 0 Å². The molecule has 1 heterocycles. The Morgan fingerprint density at radius 3 is 1.31 bits per heavy atom. The maximum atomic E-state index is 2.33. The van der Waals surface area contributed by atoms with Crippen molar-refractivity contribution >= 4 is 30.3 Å². The molecule has 170 valence electrons. The van der Waals surface area contributed by atoms with Crippen LogP contribution in [0.1, 0.15) is 21.9 Å². The third-order valence-electron chi connectivity index (χ3n) is 6.41. The summed E-state index contributed by atoms with van der Waals surface area (Å²) < 4.78 is 0. The van der Waals surface area contributed by atoms with Crippen LogP contribution in [0.3, 0.4) is 0 Å². The van der Waals surface area contributed by atoms with Crippen molar-refractivity contribution in [1.29, 1.82) is 0 Å². The first-order valence-electron chi connectivity index (χ1n) is 11.9. The zero-order valence-electron chi connectivity index (χ0n) is 19.3. The number of hydrogen-bond acceptors (Lipinski definition) is 1. The summed E-state index contributed by atoms with van der Waals surface area (Å²) in [6.07, 6.45) is 0.